The summed E-state index contributed by atoms with van der Waals surface area (Å²) in [5, 5.41) is 20.7. The SMILES string of the molecule is C[C@]12C=CC(O)=C[C@H]1C[C@H](O)[C@@H]1[C@@H]2CC[C@]2(C)[C@H](N)[C@H](F)C[C@@H]12. The highest BCUT2D eigenvalue weighted by Crippen LogP contribution is 2.64. The second kappa shape index (κ2) is 4.82. The normalized spacial score (nSPS) is 58.1. The second-order valence-corrected chi connectivity index (χ2v) is 8.81. The van der Waals surface area contributed by atoms with Gasteiger partial charge in [0.15, 0.2) is 0 Å². The molecule has 0 saturated heterocycles. The van der Waals surface area contributed by atoms with Crippen LogP contribution in [0.15, 0.2) is 24.0 Å². The van der Waals surface area contributed by atoms with E-state index in [1.165, 1.54) is 0 Å². The topological polar surface area (TPSA) is 66.5 Å². The van der Waals surface area contributed by atoms with Gasteiger partial charge in [-0.3, -0.25) is 0 Å². The van der Waals surface area contributed by atoms with E-state index < -0.39 is 18.3 Å². The first-order valence-electron chi connectivity index (χ1n) is 8.95. The predicted octanol–water partition coefficient (Wildman–Crippen LogP) is 3.10. The molecule has 4 heteroatoms. The number of halogens is 1. The molecule has 0 spiro atoms. The minimum Gasteiger partial charge on any atom is -0.508 e. The van der Waals surface area contributed by atoms with Gasteiger partial charge in [-0.15, -0.1) is 0 Å². The Morgan fingerprint density at radius 1 is 1.26 bits per heavy atom. The Balaban J connectivity index is 1.73. The van der Waals surface area contributed by atoms with Crippen LogP contribution in [0.5, 0.6) is 0 Å². The van der Waals surface area contributed by atoms with E-state index in [2.05, 4.69) is 19.9 Å². The lowest BCUT2D eigenvalue weighted by molar-refractivity contribution is -0.124. The number of rotatable bonds is 0. The standard InChI is InChI=1S/C19H28FNO2/c1-18-5-3-11(22)7-10(18)8-15(23)16-12(18)4-6-19(2)13(16)9-14(20)17(19)21/h3,5,7,10,12-17,22-23H,4,6,8-9,21H2,1-2H3/t10-,12-,13-,14+,15-,16+,17+,18-,19-/m0/s1. The summed E-state index contributed by atoms with van der Waals surface area (Å²) in [4.78, 5) is 0. The second-order valence-electron chi connectivity index (χ2n) is 8.81. The van der Waals surface area contributed by atoms with Crippen LogP contribution in [-0.2, 0) is 0 Å². The van der Waals surface area contributed by atoms with E-state index in [-0.39, 0.29) is 28.6 Å². The van der Waals surface area contributed by atoms with Crippen LogP contribution in [0.4, 0.5) is 4.39 Å². The molecule has 4 N–H and O–H groups in total. The van der Waals surface area contributed by atoms with Gasteiger partial charge < -0.3 is 15.9 Å². The third-order valence-corrected chi connectivity index (χ3v) is 7.92. The molecule has 23 heavy (non-hydrogen) atoms. The smallest absolute Gasteiger partial charge is 0.116 e. The molecule has 9 atom stereocenters. The van der Waals surface area contributed by atoms with E-state index in [9.17, 15) is 14.6 Å². The van der Waals surface area contributed by atoms with Gasteiger partial charge in [0.05, 0.1) is 6.10 Å². The summed E-state index contributed by atoms with van der Waals surface area (Å²) in [6.45, 7) is 4.37. The van der Waals surface area contributed by atoms with Crippen molar-refractivity contribution in [2.45, 2.75) is 57.8 Å². The number of hydrogen-bond donors (Lipinski definition) is 3. The zero-order valence-electron chi connectivity index (χ0n) is 14.0. The first-order chi connectivity index (χ1) is 10.8. The van der Waals surface area contributed by atoms with Crippen LogP contribution in [-0.4, -0.2) is 28.5 Å². The van der Waals surface area contributed by atoms with Crippen LogP contribution in [0.2, 0.25) is 0 Å². The largest absolute Gasteiger partial charge is 0.508 e. The molecule has 0 radical (unpaired) electrons. The maximum absolute atomic E-state index is 14.4. The fraction of sp³-hybridized carbons (Fsp3) is 0.789. The fourth-order valence-electron chi connectivity index (χ4n) is 6.44. The van der Waals surface area contributed by atoms with E-state index in [0.717, 1.165) is 12.8 Å². The first-order valence-corrected chi connectivity index (χ1v) is 8.95. The minimum absolute atomic E-state index is 0.0596. The molecule has 4 aliphatic rings. The van der Waals surface area contributed by atoms with Crippen LogP contribution in [0, 0.1) is 34.5 Å². The summed E-state index contributed by atoms with van der Waals surface area (Å²) in [5.41, 5.74) is 5.95. The van der Waals surface area contributed by atoms with Gasteiger partial charge in [0.2, 0.25) is 0 Å². The molecular weight excluding hydrogens is 293 g/mol. The summed E-state index contributed by atoms with van der Waals surface area (Å²) < 4.78 is 14.4. The van der Waals surface area contributed by atoms with Gasteiger partial charge >= 0.3 is 0 Å². The Labute approximate surface area is 137 Å². The van der Waals surface area contributed by atoms with Crippen molar-refractivity contribution >= 4 is 0 Å². The lowest BCUT2D eigenvalue weighted by Gasteiger charge is -2.59. The summed E-state index contributed by atoms with van der Waals surface area (Å²) in [6.07, 6.45) is 7.46. The van der Waals surface area contributed by atoms with Crippen molar-refractivity contribution in [3.8, 4) is 0 Å². The van der Waals surface area contributed by atoms with Crippen molar-refractivity contribution in [1.29, 1.82) is 0 Å². The summed E-state index contributed by atoms with van der Waals surface area (Å²) in [7, 11) is 0. The number of nitrogens with two attached hydrogens (primary N) is 1. The Morgan fingerprint density at radius 3 is 2.74 bits per heavy atom. The van der Waals surface area contributed by atoms with Crippen molar-refractivity contribution in [2.75, 3.05) is 0 Å². The Hall–Kier alpha value is -0.870. The van der Waals surface area contributed by atoms with E-state index in [1.807, 2.05) is 6.08 Å². The maximum atomic E-state index is 14.4. The van der Waals surface area contributed by atoms with Crippen molar-refractivity contribution in [2.24, 2.45) is 40.2 Å². The summed E-state index contributed by atoms with van der Waals surface area (Å²) in [6, 6.07) is -0.406. The molecule has 0 heterocycles. The highest BCUT2D eigenvalue weighted by Gasteiger charge is 2.63. The van der Waals surface area contributed by atoms with Crippen molar-refractivity contribution in [3.63, 3.8) is 0 Å². The quantitative estimate of drug-likeness (QED) is 0.642. The Kier molecular flexibility index (Phi) is 3.28. The molecule has 128 valence electrons. The Morgan fingerprint density at radius 2 is 2.00 bits per heavy atom. The van der Waals surface area contributed by atoms with Gasteiger partial charge in [0.25, 0.3) is 0 Å². The molecule has 0 bridgehead atoms. The fourth-order valence-corrected chi connectivity index (χ4v) is 6.44. The number of aliphatic hydroxyl groups is 2. The van der Waals surface area contributed by atoms with Crippen LogP contribution >= 0.6 is 0 Å². The van der Waals surface area contributed by atoms with Crippen molar-refractivity contribution in [3.05, 3.63) is 24.0 Å². The minimum atomic E-state index is -0.952. The summed E-state index contributed by atoms with van der Waals surface area (Å²) >= 11 is 0. The van der Waals surface area contributed by atoms with Gasteiger partial charge in [-0.1, -0.05) is 19.9 Å². The van der Waals surface area contributed by atoms with Crippen LogP contribution in [0.3, 0.4) is 0 Å². The maximum Gasteiger partial charge on any atom is 0.116 e. The van der Waals surface area contributed by atoms with Gasteiger partial charge in [-0.2, -0.15) is 0 Å². The summed E-state index contributed by atoms with van der Waals surface area (Å²) in [5.74, 6) is 1.05. The monoisotopic (exact) mass is 321 g/mol. The number of allylic oxidation sites excluding steroid dienone is 3. The average molecular weight is 321 g/mol. The number of hydrogen-bond acceptors (Lipinski definition) is 3. The molecule has 0 aromatic heterocycles. The molecule has 0 aromatic rings. The lowest BCUT2D eigenvalue weighted by atomic mass is 9.46. The van der Waals surface area contributed by atoms with Crippen LogP contribution < -0.4 is 5.73 Å². The van der Waals surface area contributed by atoms with E-state index >= 15 is 0 Å². The number of aliphatic hydroxyl groups excluding tert-OH is 2. The molecule has 0 aromatic carbocycles. The predicted molar refractivity (Wildman–Crippen MR) is 87.4 cm³/mol. The third-order valence-electron chi connectivity index (χ3n) is 7.92. The molecule has 4 aliphatic carbocycles. The molecule has 3 nitrogen and oxygen atoms in total. The molecule has 0 amide bonds. The van der Waals surface area contributed by atoms with Gasteiger partial charge in [-0.25, -0.2) is 4.39 Å². The van der Waals surface area contributed by atoms with E-state index in [0.29, 0.717) is 24.5 Å². The highest BCUT2D eigenvalue weighted by molar-refractivity contribution is 5.28. The molecule has 4 rings (SSSR count). The number of alkyl halides is 1. The van der Waals surface area contributed by atoms with Crippen LogP contribution in [0.25, 0.3) is 0 Å². The van der Waals surface area contributed by atoms with Gasteiger partial charge in [-0.05, 0) is 72.3 Å². The Bertz CT molecular complexity index is 576. The molecule has 0 unspecified atom stereocenters. The zero-order valence-corrected chi connectivity index (χ0v) is 14.0. The van der Waals surface area contributed by atoms with Crippen molar-refractivity contribution < 1.29 is 14.6 Å². The first kappa shape index (κ1) is 15.6. The zero-order chi connectivity index (χ0) is 16.6. The van der Waals surface area contributed by atoms with Crippen molar-refractivity contribution in [1.82, 2.24) is 0 Å². The average Bonchev–Trinajstić information content (AvgIpc) is 2.73. The van der Waals surface area contributed by atoms with Gasteiger partial charge in [0, 0.05) is 6.04 Å². The van der Waals surface area contributed by atoms with Crippen LogP contribution in [0.1, 0.15) is 39.5 Å². The lowest BCUT2D eigenvalue weighted by Crippen LogP contribution is -2.57. The van der Waals surface area contributed by atoms with Gasteiger partial charge in [0.1, 0.15) is 11.9 Å². The number of fused-ring (bicyclic) bond motifs is 5. The third kappa shape index (κ3) is 1.94. The molecule has 0 aliphatic heterocycles. The van der Waals surface area contributed by atoms with E-state index in [1.54, 1.807) is 6.08 Å². The van der Waals surface area contributed by atoms with E-state index in [4.69, 9.17) is 5.73 Å². The molecule has 3 fully saturated rings. The molecular formula is C19H28FNO2. The highest BCUT2D eigenvalue weighted by atomic mass is 19.1. The molecule has 3 saturated carbocycles.